The van der Waals surface area contributed by atoms with Crippen molar-refractivity contribution >= 4 is 22.6 Å². The Morgan fingerprint density at radius 1 is 0.330 bits per heavy atom. The number of aliphatic hydroxyl groups is 1. The van der Waals surface area contributed by atoms with Gasteiger partial charge in [0.05, 0.1) is 30.2 Å². The van der Waals surface area contributed by atoms with Crippen LogP contribution in [0.4, 0.5) is 26.3 Å². The molecule has 3 N–H and O–H groups in total. The van der Waals surface area contributed by atoms with E-state index >= 15 is 0 Å². The van der Waals surface area contributed by atoms with Crippen LogP contribution in [0.3, 0.4) is 0 Å². The van der Waals surface area contributed by atoms with Crippen LogP contribution in [0.5, 0.6) is 0 Å². The van der Waals surface area contributed by atoms with Crippen molar-refractivity contribution in [2.45, 2.75) is 324 Å². The second kappa shape index (κ2) is 41.7. The zero-order chi connectivity index (χ0) is 83.5. The third kappa shape index (κ3) is 30.8. The molecule has 0 aromatic carbocycles. The summed E-state index contributed by atoms with van der Waals surface area (Å²) < 4.78 is 80.3. The zero-order valence-electron chi connectivity index (χ0n) is 65.6. The van der Waals surface area contributed by atoms with Crippen LogP contribution in [-0.2, 0) is 0 Å². The topological polar surface area (TPSA) is 343 Å². The van der Waals surface area contributed by atoms with E-state index in [1.807, 2.05) is 20.8 Å². The summed E-state index contributed by atoms with van der Waals surface area (Å²) in [5.74, 6) is 14.9. The summed E-state index contributed by atoms with van der Waals surface area (Å²) in [5, 5.41) is 96.7. The van der Waals surface area contributed by atoms with Crippen molar-refractivity contribution in [3.8, 4) is 123 Å². The van der Waals surface area contributed by atoms with Gasteiger partial charge in [-0.3, -0.25) is 0 Å². The van der Waals surface area contributed by atoms with Gasteiger partial charge in [0.1, 0.15) is 6.61 Å². The van der Waals surface area contributed by atoms with E-state index in [0.29, 0.717) is 25.8 Å². The summed E-state index contributed by atoms with van der Waals surface area (Å²) in [6, 6.07) is 0. The molecule has 0 aliphatic carbocycles. The first-order valence-electron chi connectivity index (χ1n) is 35.9. The SMILES string of the molecule is C#CC(F)(F)C1(CC)N=N1.C#CC1(CI)N=N1.C#CC1(CN)N=N1.C#CC1(CO)N=N1.C#CCC1(CC)N=N1.C#CCC1(CC)N=N1.C#CCC1(CC)N=N1.C#CCCC1(CCC)N=N1.C#CCCC1(CCC)N=N1.C#CCCC1(CCC)N=N1.CCC1(C(F)(F)C(C)(C)C)N=N1.CCC1(C(F)(F)C(C)(C)C)N=N1. The minimum Gasteiger partial charge on any atom is -0.391 e. The number of alkyl halides is 7. The standard InChI is InChI=1S/2C8H14F2N2.3C8H12N2.C6H6F2N2.3C6H8N2.C4H3IN2.C4H5N3.C4H4N2O/c2*1-5-7(11-12-7)8(9,10)6(2,3)4;3*1-3-5-7-8(6-4-2)9-10-8;1-3-5(7,8)6(4-2)9-10-6;3*1-3-5-6(4-2)7-8-6;2*1-2-4(3-5)6-7-4;1-2-4(3-7)5-6-4/h2*5H2,1-4H3;3*1H,4-7H2,2H3;1H,4H2,2H3;3*1H,4-5H2,2H3;1H,3H2;1H,3,5H2;1,7H,3H2. The molecular formula is C76H106F6IN25O. The lowest BCUT2D eigenvalue weighted by atomic mass is 9.80. The number of terminal acetylenes is 10. The van der Waals surface area contributed by atoms with Crippen LogP contribution in [-0.4, -0.2) is 108 Å². The quantitative estimate of drug-likeness (QED) is 0.0351. The molecule has 0 saturated heterocycles. The lowest BCUT2D eigenvalue weighted by molar-refractivity contribution is -0.132. The Morgan fingerprint density at radius 2 is 0.578 bits per heavy atom. The average molecular weight is 1630 g/mol. The van der Waals surface area contributed by atoms with E-state index in [-0.39, 0.29) is 59.8 Å². The fourth-order valence-corrected chi connectivity index (χ4v) is 9.11. The van der Waals surface area contributed by atoms with Crippen molar-refractivity contribution in [2.24, 2.45) is 139 Å². The average Bonchev–Trinajstić information content (AvgIpc) is 1.58. The van der Waals surface area contributed by atoms with E-state index < -0.39 is 62.6 Å². The van der Waals surface area contributed by atoms with Gasteiger partial charge in [-0.15, -0.1) is 130 Å². The molecular weight excluding hydrogens is 1520 g/mol. The van der Waals surface area contributed by atoms with Gasteiger partial charge in [0.2, 0.25) is 17.0 Å². The van der Waals surface area contributed by atoms with Gasteiger partial charge in [-0.1, -0.05) is 146 Å². The summed E-state index contributed by atoms with van der Waals surface area (Å²) in [7, 11) is 0. The predicted molar refractivity (Wildman–Crippen MR) is 416 cm³/mol. The molecule has 590 valence electrons. The Hall–Kier alpha value is -8.97. The highest BCUT2D eigenvalue weighted by atomic mass is 127. The van der Waals surface area contributed by atoms with Gasteiger partial charge in [-0.25, -0.2) is 17.6 Å². The van der Waals surface area contributed by atoms with Gasteiger partial charge in [0.15, 0.2) is 17.0 Å². The molecule has 0 bridgehead atoms. The minimum absolute atomic E-state index is 0.0406. The fourth-order valence-electron chi connectivity index (χ4n) is 8.58. The third-order valence-corrected chi connectivity index (χ3v) is 18.7. The van der Waals surface area contributed by atoms with Crippen molar-refractivity contribution < 1.29 is 31.4 Å². The second-order valence-electron chi connectivity index (χ2n) is 28.1. The molecule has 26 nitrogen and oxygen atoms in total. The van der Waals surface area contributed by atoms with Gasteiger partial charge in [-0.2, -0.15) is 101 Å². The van der Waals surface area contributed by atoms with Crippen molar-refractivity contribution in [1.29, 1.82) is 0 Å². The Morgan fingerprint density at radius 3 is 0.642 bits per heavy atom. The maximum absolute atomic E-state index is 13.6. The number of rotatable bonds is 27. The third-order valence-electron chi connectivity index (χ3n) is 17.6. The van der Waals surface area contributed by atoms with Crippen LogP contribution in [0, 0.1) is 134 Å². The van der Waals surface area contributed by atoms with Gasteiger partial charge in [0, 0.05) is 55.8 Å². The molecule has 0 fully saturated rings. The van der Waals surface area contributed by atoms with E-state index in [2.05, 4.69) is 226 Å². The normalized spacial score (nSPS) is 20.1. The summed E-state index contributed by atoms with van der Waals surface area (Å²) in [5.41, 5.74) is -3.81. The van der Waals surface area contributed by atoms with Crippen molar-refractivity contribution in [3.05, 3.63) is 0 Å². The number of nitrogens with two attached hydrogens (primary N) is 1. The molecule has 12 aliphatic rings. The first-order chi connectivity index (χ1) is 51.1. The molecule has 33 heteroatoms. The molecule has 0 unspecified atom stereocenters. The van der Waals surface area contributed by atoms with Crippen LogP contribution in [0.2, 0.25) is 0 Å². The fraction of sp³-hybridized carbons (Fsp3) is 0.737. The number of hydrogen-bond acceptors (Lipinski definition) is 26. The van der Waals surface area contributed by atoms with E-state index in [4.69, 9.17) is 68.7 Å². The molecule has 12 heterocycles. The Labute approximate surface area is 655 Å². The minimum atomic E-state index is -3.21. The molecule has 0 spiro atoms. The van der Waals surface area contributed by atoms with Gasteiger partial charge in [0.25, 0.3) is 34.0 Å². The van der Waals surface area contributed by atoms with Gasteiger partial charge in [-0.05, 0) is 75.0 Å². The number of aliphatic hydroxyl groups excluding tert-OH is 1. The van der Waals surface area contributed by atoms with Gasteiger partial charge < -0.3 is 10.8 Å². The van der Waals surface area contributed by atoms with Crippen LogP contribution in [0.1, 0.15) is 239 Å². The van der Waals surface area contributed by atoms with Crippen molar-refractivity contribution in [3.63, 3.8) is 0 Å². The molecule has 0 amide bonds. The summed E-state index contributed by atoms with van der Waals surface area (Å²) >= 11 is 2.16. The van der Waals surface area contributed by atoms with Gasteiger partial charge >= 0.3 is 17.8 Å². The first-order valence-corrected chi connectivity index (χ1v) is 37.4. The number of nitrogens with zero attached hydrogens (tertiary/aromatic N) is 24. The van der Waals surface area contributed by atoms with Crippen molar-refractivity contribution in [2.75, 3.05) is 17.6 Å². The molecule has 0 aromatic heterocycles. The largest absolute Gasteiger partial charge is 0.391 e. The monoisotopic (exact) mass is 1630 g/mol. The summed E-state index contributed by atoms with van der Waals surface area (Å²) in [6.07, 6.45) is 67.4. The maximum Gasteiger partial charge on any atom is 0.355 e. The summed E-state index contributed by atoms with van der Waals surface area (Å²) in [6.45, 7) is 26.7. The Bertz CT molecular complexity index is 3450. The van der Waals surface area contributed by atoms with Crippen LogP contribution < -0.4 is 5.73 Å². The molecule has 109 heavy (non-hydrogen) atoms. The molecule has 0 saturated carbocycles. The summed E-state index contributed by atoms with van der Waals surface area (Å²) in [4.78, 5) is 0. The number of hydrogen-bond donors (Lipinski definition) is 2. The smallest absolute Gasteiger partial charge is 0.355 e. The Balaban J connectivity index is 0.000000597. The lowest BCUT2D eigenvalue weighted by Gasteiger charge is -2.33. The lowest BCUT2D eigenvalue weighted by Crippen LogP contribution is -2.47. The van der Waals surface area contributed by atoms with E-state index in [9.17, 15) is 26.3 Å². The Kier molecular flexibility index (Phi) is 37.5. The van der Waals surface area contributed by atoms with E-state index in [1.165, 1.54) is 47.5 Å². The first kappa shape index (κ1) is 98.0. The van der Waals surface area contributed by atoms with Crippen LogP contribution in [0.25, 0.3) is 0 Å². The van der Waals surface area contributed by atoms with E-state index in [0.717, 1.165) is 101 Å². The molecule has 0 atom stereocenters. The second-order valence-corrected chi connectivity index (χ2v) is 28.9. The molecule has 0 radical (unpaired) electrons. The van der Waals surface area contributed by atoms with Crippen LogP contribution >= 0.6 is 22.6 Å². The van der Waals surface area contributed by atoms with Crippen molar-refractivity contribution in [1.82, 2.24) is 0 Å². The van der Waals surface area contributed by atoms with E-state index in [1.54, 1.807) is 20.8 Å². The molecule has 12 rings (SSSR count). The zero-order valence-corrected chi connectivity index (χ0v) is 67.8. The molecule has 12 aliphatic heterocycles. The van der Waals surface area contributed by atoms with Crippen LogP contribution in [0.15, 0.2) is 123 Å². The highest BCUT2D eigenvalue weighted by molar-refractivity contribution is 14.1. The number of halogens is 7. The highest BCUT2D eigenvalue weighted by Crippen LogP contribution is 2.55. The molecule has 0 aromatic rings. The predicted octanol–water partition coefficient (Wildman–Crippen LogP) is 20.9. The maximum atomic E-state index is 13.6. The highest BCUT2D eigenvalue weighted by Gasteiger charge is 2.67.